The number of alkyl halides is 3. The van der Waals surface area contributed by atoms with Crippen LogP contribution in [-0.4, -0.2) is 18.3 Å². The molecule has 1 atom stereocenters. The van der Waals surface area contributed by atoms with Gasteiger partial charge < -0.3 is 5.32 Å². The van der Waals surface area contributed by atoms with E-state index in [0.717, 1.165) is 32.0 Å². The van der Waals surface area contributed by atoms with Crippen molar-refractivity contribution >= 4 is 11.8 Å². The number of hydrogen-bond donors (Lipinski definition) is 1. The van der Waals surface area contributed by atoms with Crippen molar-refractivity contribution in [2.75, 3.05) is 13.1 Å². The van der Waals surface area contributed by atoms with Crippen LogP contribution in [0, 0.1) is 0 Å². The monoisotopic (exact) mass is 261 g/mol. The second-order valence-electron chi connectivity index (χ2n) is 4.11. The van der Waals surface area contributed by atoms with Gasteiger partial charge in [0.05, 0.1) is 5.56 Å². The molecular weight excluding hydrogens is 247 g/mol. The van der Waals surface area contributed by atoms with Gasteiger partial charge in [0.25, 0.3) is 0 Å². The van der Waals surface area contributed by atoms with Crippen molar-refractivity contribution in [3.63, 3.8) is 0 Å². The molecule has 0 spiro atoms. The van der Waals surface area contributed by atoms with Gasteiger partial charge in [-0.3, -0.25) is 0 Å². The molecule has 1 nitrogen and oxygen atoms in total. The Morgan fingerprint density at radius 1 is 1.29 bits per heavy atom. The highest BCUT2D eigenvalue weighted by atomic mass is 32.2. The third kappa shape index (κ3) is 3.64. The van der Waals surface area contributed by atoms with E-state index in [1.807, 2.05) is 0 Å². The zero-order chi connectivity index (χ0) is 12.3. The lowest BCUT2D eigenvalue weighted by Gasteiger charge is -2.22. The van der Waals surface area contributed by atoms with Gasteiger partial charge in [0.2, 0.25) is 0 Å². The molecule has 0 radical (unpaired) electrons. The van der Waals surface area contributed by atoms with E-state index in [4.69, 9.17) is 0 Å². The molecule has 1 N–H and O–H groups in total. The van der Waals surface area contributed by atoms with Gasteiger partial charge in [0, 0.05) is 16.7 Å². The first-order chi connectivity index (χ1) is 8.05. The van der Waals surface area contributed by atoms with Crippen molar-refractivity contribution in [2.45, 2.75) is 29.2 Å². The highest BCUT2D eigenvalue weighted by Crippen LogP contribution is 2.34. The Bertz CT molecular complexity index is 372. The van der Waals surface area contributed by atoms with Crippen LogP contribution in [0.2, 0.25) is 0 Å². The summed E-state index contributed by atoms with van der Waals surface area (Å²) in [6.45, 7) is 1.89. The number of thioether (sulfide) groups is 1. The second-order valence-corrected chi connectivity index (χ2v) is 5.49. The van der Waals surface area contributed by atoms with Crippen LogP contribution < -0.4 is 5.32 Å². The Morgan fingerprint density at radius 2 is 2.12 bits per heavy atom. The van der Waals surface area contributed by atoms with Gasteiger partial charge in [0.1, 0.15) is 0 Å². The zero-order valence-electron chi connectivity index (χ0n) is 9.26. The summed E-state index contributed by atoms with van der Waals surface area (Å²) in [5.41, 5.74) is -0.564. The smallest absolute Gasteiger partial charge is 0.316 e. The zero-order valence-corrected chi connectivity index (χ0v) is 10.1. The normalized spacial score (nSPS) is 21.5. The van der Waals surface area contributed by atoms with Gasteiger partial charge in [-0.2, -0.15) is 13.2 Å². The molecule has 5 heteroatoms. The van der Waals surface area contributed by atoms with E-state index in [2.05, 4.69) is 5.32 Å². The van der Waals surface area contributed by atoms with Gasteiger partial charge in [-0.15, -0.1) is 11.8 Å². The van der Waals surface area contributed by atoms with Gasteiger partial charge in [-0.1, -0.05) is 6.07 Å². The van der Waals surface area contributed by atoms with Crippen LogP contribution in [-0.2, 0) is 6.18 Å². The number of nitrogens with one attached hydrogen (secondary N) is 1. The molecule has 0 aromatic heterocycles. The fourth-order valence-corrected chi connectivity index (χ4v) is 3.08. The maximum Gasteiger partial charge on any atom is 0.416 e. The quantitative estimate of drug-likeness (QED) is 0.873. The van der Waals surface area contributed by atoms with Crippen LogP contribution in [0.4, 0.5) is 13.2 Å². The van der Waals surface area contributed by atoms with E-state index >= 15 is 0 Å². The number of halogens is 3. The van der Waals surface area contributed by atoms with Gasteiger partial charge in [-0.25, -0.2) is 0 Å². The first-order valence-electron chi connectivity index (χ1n) is 5.60. The number of hydrogen-bond acceptors (Lipinski definition) is 2. The summed E-state index contributed by atoms with van der Waals surface area (Å²) in [7, 11) is 0. The molecule has 1 fully saturated rings. The average Bonchev–Trinajstić information content (AvgIpc) is 2.29. The molecule has 17 heavy (non-hydrogen) atoms. The Kier molecular flexibility index (Phi) is 3.99. The topological polar surface area (TPSA) is 12.0 Å². The van der Waals surface area contributed by atoms with Crippen molar-refractivity contribution in [1.82, 2.24) is 5.32 Å². The van der Waals surface area contributed by atoms with Gasteiger partial charge in [0.15, 0.2) is 0 Å². The van der Waals surface area contributed by atoms with E-state index in [1.54, 1.807) is 6.07 Å². The van der Waals surface area contributed by atoms with Crippen molar-refractivity contribution in [3.05, 3.63) is 29.8 Å². The predicted molar refractivity (Wildman–Crippen MR) is 63.2 cm³/mol. The minimum atomic E-state index is -4.25. The van der Waals surface area contributed by atoms with Crippen LogP contribution in [0.15, 0.2) is 29.2 Å². The summed E-state index contributed by atoms with van der Waals surface area (Å²) in [5, 5.41) is 3.64. The highest BCUT2D eigenvalue weighted by molar-refractivity contribution is 8.00. The first kappa shape index (κ1) is 12.8. The molecular formula is C12H14F3NS. The van der Waals surface area contributed by atoms with Crippen molar-refractivity contribution in [2.24, 2.45) is 0 Å². The lowest BCUT2D eigenvalue weighted by atomic mass is 10.2. The molecule has 1 aromatic carbocycles. The summed E-state index contributed by atoms with van der Waals surface area (Å²) < 4.78 is 37.6. The molecule has 1 saturated heterocycles. The number of rotatable bonds is 2. The fraction of sp³-hybridized carbons (Fsp3) is 0.500. The summed E-state index contributed by atoms with van der Waals surface area (Å²) in [5.74, 6) is 0. The summed E-state index contributed by atoms with van der Waals surface area (Å²) >= 11 is 1.53. The average molecular weight is 261 g/mol. The van der Waals surface area contributed by atoms with E-state index in [9.17, 15) is 13.2 Å². The number of piperidine rings is 1. The predicted octanol–water partition coefficient (Wildman–Crippen LogP) is 3.55. The van der Waals surface area contributed by atoms with Crippen LogP contribution in [0.5, 0.6) is 0 Å². The molecule has 0 bridgehead atoms. The SMILES string of the molecule is FC(F)(F)c1cccc(SC2CCCNC2)c1. The van der Waals surface area contributed by atoms with Crippen molar-refractivity contribution < 1.29 is 13.2 Å². The van der Waals surface area contributed by atoms with E-state index < -0.39 is 11.7 Å². The molecule has 1 aromatic rings. The van der Waals surface area contributed by atoms with Crippen LogP contribution in [0.25, 0.3) is 0 Å². The fourth-order valence-electron chi connectivity index (χ4n) is 1.86. The van der Waals surface area contributed by atoms with Gasteiger partial charge >= 0.3 is 6.18 Å². The van der Waals surface area contributed by atoms with E-state index in [1.165, 1.54) is 23.9 Å². The molecule has 1 unspecified atom stereocenters. The molecule has 1 aliphatic heterocycles. The molecule has 0 aliphatic carbocycles. The third-order valence-corrected chi connectivity index (χ3v) is 3.98. The lowest BCUT2D eigenvalue weighted by Crippen LogP contribution is -2.31. The van der Waals surface area contributed by atoms with Crippen LogP contribution >= 0.6 is 11.8 Å². The molecule has 0 amide bonds. The van der Waals surface area contributed by atoms with Crippen LogP contribution in [0.3, 0.4) is 0 Å². The standard InChI is InChI=1S/C12H14F3NS/c13-12(14,15)9-3-1-4-10(7-9)17-11-5-2-6-16-8-11/h1,3-4,7,11,16H,2,5-6,8H2. The minimum absolute atomic E-state index is 0.382. The molecule has 1 aliphatic rings. The molecule has 1 heterocycles. The Hall–Kier alpha value is -0.680. The van der Waals surface area contributed by atoms with E-state index in [0.29, 0.717) is 10.1 Å². The van der Waals surface area contributed by atoms with Crippen LogP contribution in [0.1, 0.15) is 18.4 Å². The van der Waals surface area contributed by atoms with Crippen molar-refractivity contribution in [1.29, 1.82) is 0 Å². The second kappa shape index (κ2) is 5.31. The highest BCUT2D eigenvalue weighted by Gasteiger charge is 2.30. The van der Waals surface area contributed by atoms with Gasteiger partial charge in [-0.05, 0) is 37.6 Å². The third-order valence-electron chi connectivity index (χ3n) is 2.72. The molecule has 94 valence electrons. The Balaban J connectivity index is 2.05. The van der Waals surface area contributed by atoms with E-state index in [-0.39, 0.29) is 0 Å². The molecule has 2 rings (SSSR count). The summed E-state index contributed by atoms with van der Waals surface area (Å²) in [6, 6.07) is 5.57. The lowest BCUT2D eigenvalue weighted by molar-refractivity contribution is -0.137. The molecule has 0 saturated carbocycles. The minimum Gasteiger partial charge on any atom is -0.316 e. The summed E-state index contributed by atoms with van der Waals surface area (Å²) in [4.78, 5) is 0.702. The number of benzene rings is 1. The summed E-state index contributed by atoms with van der Waals surface area (Å²) in [6.07, 6.45) is -2.09. The van der Waals surface area contributed by atoms with Crippen molar-refractivity contribution in [3.8, 4) is 0 Å². The maximum absolute atomic E-state index is 12.5. The largest absolute Gasteiger partial charge is 0.416 e. The maximum atomic E-state index is 12.5. The Labute approximate surface area is 103 Å². The Morgan fingerprint density at radius 3 is 2.76 bits per heavy atom. The first-order valence-corrected chi connectivity index (χ1v) is 6.48.